The SMILES string of the molecule is Cc1nc(N(C)CCC(F)(F)F)ccc1CNC1CC1. The van der Waals surface area contributed by atoms with Crippen LogP contribution in [0.3, 0.4) is 0 Å². The maximum atomic E-state index is 12.2. The van der Waals surface area contributed by atoms with Crippen LogP contribution >= 0.6 is 0 Å². The third-order valence-corrected chi connectivity index (χ3v) is 3.46. The molecule has 0 radical (unpaired) electrons. The summed E-state index contributed by atoms with van der Waals surface area (Å²) in [6.45, 7) is 2.59. The lowest BCUT2D eigenvalue weighted by atomic mass is 10.2. The van der Waals surface area contributed by atoms with Crippen molar-refractivity contribution >= 4 is 5.82 Å². The predicted molar refractivity (Wildman–Crippen MR) is 72.8 cm³/mol. The molecule has 1 aromatic rings. The smallest absolute Gasteiger partial charge is 0.359 e. The van der Waals surface area contributed by atoms with Crippen molar-refractivity contribution in [1.82, 2.24) is 10.3 Å². The van der Waals surface area contributed by atoms with Crippen molar-refractivity contribution in [2.24, 2.45) is 0 Å². The molecule has 1 heterocycles. The molecule has 0 unspecified atom stereocenters. The first-order valence-electron chi connectivity index (χ1n) is 6.83. The first-order valence-corrected chi connectivity index (χ1v) is 6.83. The number of aromatic nitrogens is 1. The highest BCUT2D eigenvalue weighted by Crippen LogP contribution is 2.22. The second-order valence-corrected chi connectivity index (χ2v) is 5.36. The van der Waals surface area contributed by atoms with Crippen molar-refractivity contribution in [3.63, 3.8) is 0 Å². The largest absolute Gasteiger partial charge is 0.390 e. The monoisotopic (exact) mass is 287 g/mol. The molecule has 3 nitrogen and oxygen atoms in total. The summed E-state index contributed by atoms with van der Waals surface area (Å²) in [4.78, 5) is 5.93. The van der Waals surface area contributed by atoms with Crippen molar-refractivity contribution in [3.8, 4) is 0 Å². The van der Waals surface area contributed by atoms with Gasteiger partial charge in [-0.3, -0.25) is 0 Å². The van der Waals surface area contributed by atoms with E-state index in [0.29, 0.717) is 11.9 Å². The normalized spacial score (nSPS) is 15.4. The molecule has 1 N–H and O–H groups in total. The molecule has 1 fully saturated rings. The molecule has 0 aromatic carbocycles. The third kappa shape index (κ3) is 4.67. The minimum absolute atomic E-state index is 0.0738. The standard InChI is InChI=1S/C14H20F3N3/c1-10-11(9-18-12-4-5-12)3-6-13(19-10)20(2)8-7-14(15,16)17/h3,6,12,18H,4-5,7-9H2,1-2H3. The fourth-order valence-electron chi connectivity index (χ4n) is 1.93. The Hall–Kier alpha value is -1.30. The van der Waals surface area contributed by atoms with Gasteiger partial charge in [0.15, 0.2) is 0 Å². The zero-order valence-electron chi connectivity index (χ0n) is 11.8. The Balaban J connectivity index is 1.92. The van der Waals surface area contributed by atoms with E-state index in [1.54, 1.807) is 18.0 Å². The lowest BCUT2D eigenvalue weighted by molar-refractivity contribution is -0.132. The van der Waals surface area contributed by atoms with Gasteiger partial charge < -0.3 is 10.2 Å². The first-order chi connectivity index (χ1) is 9.35. The number of hydrogen-bond donors (Lipinski definition) is 1. The number of aryl methyl sites for hydroxylation is 1. The molecule has 6 heteroatoms. The molecule has 20 heavy (non-hydrogen) atoms. The van der Waals surface area contributed by atoms with Gasteiger partial charge in [0.05, 0.1) is 6.42 Å². The van der Waals surface area contributed by atoms with E-state index in [9.17, 15) is 13.2 Å². The zero-order chi connectivity index (χ0) is 14.8. The number of halogens is 3. The Labute approximate surface area is 117 Å². The van der Waals surface area contributed by atoms with Crippen molar-refractivity contribution in [3.05, 3.63) is 23.4 Å². The number of anilines is 1. The van der Waals surface area contributed by atoms with Gasteiger partial charge in [-0.15, -0.1) is 0 Å². The average Bonchev–Trinajstić information content (AvgIpc) is 3.17. The van der Waals surface area contributed by atoms with Gasteiger partial charge in [-0.1, -0.05) is 6.07 Å². The molecule has 0 amide bonds. The number of alkyl halides is 3. The molecule has 2 rings (SSSR count). The molecule has 0 spiro atoms. The summed E-state index contributed by atoms with van der Waals surface area (Å²) in [6, 6.07) is 4.35. The van der Waals surface area contributed by atoms with E-state index < -0.39 is 12.6 Å². The van der Waals surface area contributed by atoms with Gasteiger partial charge in [-0.05, 0) is 31.4 Å². The molecule has 0 saturated heterocycles. The predicted octanol–water partition coefficient (Wildman–Crippen LogP) is 3.03. The molecular weight excluding hydrogens is 267 g/mol. The Bertz CT molecular complexity index is 455. The van der Waals surface area contributed by atoms with Crippen LogP contribution in [0.2, 0.25) is 0 Å². The summed E-state index contributed by atoms with van der Waals surface area (Å²) in [5, 5.41) is 3.41. The van der Waals surface area contributed by atoms with Gasteiger partial charge in [-0.25, -0.2) is 4.98 Å². The molecule has 0 atom stereocenters. The van der Waals surface area contributed by atoms with Gasteiger partial charge in [0.2, 0.25) is 0 Å². The van der Waals surface area contributed by atoms with E-state index in [2.05, 4.69) is 10.3 Å². The minimum atomic E-state index is -4.13. The Kier molecular flexibility index (Phi) is 4.52. The molecule has 1 aliphatic rings. The Morgan fingerprint density at radius 1 is 1.35 bits per heavy atom. The van der Waals surface area contributed by atoms with Crippen LogP contribution in [0.4, 0.5) is 19.0 Å². The number of hydrogen-bond acceptors (Lipinski definition) is 3. The first kappa shape index (κ1) is 15.1. The zero-order valence-corrected chi connectivity index (χ0v) is 11.8. The van der Waals surface area contributed by atoms with Crippen LogP contribution in [0.5, 0.6) is 0 Å². The summed E-state index contributed by atoms with van der Waals surface area (Å²) in [6.07, 6.45) is -2.50. The summed E-state index contributed by atoms with van der Waals surface area (Å²) in [7, 11) is 1.63. The van der Waals surface area contributed by atoms with E-state index in [0.717, 1.165) is 17.8 Å². The highest BCUT2D eigenvalue weighted by molar-refractivity contribution is 5.40. The van der Waals surface area contributed by atoms with Crippen LogP contribution in [0, 0.1) is 6.92 Å². The average molecular weight is 287 g/mol. The highest BCUT2D eigenvalue weighted by Gasteiger charge is 2.27. The Morgan fingerprint density at radius 3 is 2.60 bits per heavy atom. The van der Waals surface area contributed by atoms with Gasteiger partial charge in [0.25, 0.3) is 0 Å². The van der Waals surface area contributed by atoms with Gasteiger partial charge >= 0.3 is 6.18 Å². The maximum absolute atomic E-state index is 12.2. The van der Waals surface area contributed by atoms with Crippen LogP contribution in [-0.4, -0.2) is 30.8 Å². The number of nitrogens with zero attached hydrogens (tertiary/aromatic N) is 2. The van der Waals surface area contributed by atoms with Crippen molar-refractivity contribution in [2.45, 2.75) is 44.9 Å². The lowest BCUT2D eigenvalue weighted by Crippen LogP contribution is -2.25. The fourth-order valence-corrected chi connectivity index (χ4v) is 1.93. The van der Waals surface area contributed by atoms with Crippen LogP contribution in [0.1, 0.15) is 30.5 Å². The van der Waals surface area contributed by atoms with Crippen molar-refractivity contribution < 1.29 is 13.2 Å². The van der Waals surface area contributed by atoms with E-state index in [-0.39, 0.29) is 6.54 Å². The summed E-state index contributed by atoms with van der Waals surface area (Å²) in [5.74, 6) is 0.585. The molecule has 0 bridgehead atoms. The topological polar surface area (TPSA) is 28.2 Å². The van der Waals surface area contributed by atoms with Gasteiger partial charge in [0.1, 0.15) is 5.82 Å². The summed E-state index contributed by atoms with van der Waals surface area (Å²) < 4.78 is 36.6. The highest BCUT2D eigenvalue weighted by atomic mass is 19.4. The minimum Gasteiger partial charge on any atom is -0.359 e. The molecule has 0 aliphatic heterocycles. The van der Waals surface area contributed by atoms with Crippen LogP contribution in [-0.2, 0) is 6.54 Å². The summed E-state index contributed by atoms with van der Waals surface area (Å²) in [5.41, 5.74) is 1.97. The van der Waals surface area contributed by atoms with E-state index in [1.807, 2.05) is 13.0 Å². The number of nitrogens with one attached hydrogen (secondary N) is 1. The third-order valence-electron chi connectivity index (χ3n) is 3.46. The molecule has 112 valence electrons. The number of pyridine rings is 1. The van der Waals surface area contributed by atoms with Crippen molar-refractivity contribution in [1.29, 1.82) is 0 Å². The lowest BCUT2D eigenvalue weighted by Gasteiger charge is -2.20. The van der Waals surface area contributed by atoms with Crippen LogP contribution in [0.15, 0.2) is 12.1 Å². The van der Waals surface area contributed by atoms with Crippen molar-refractivity contribution in [2.75, 3.05) is 18.5 Å². The van der Waals surface area contributed by atoms with Gasteiger partial charge in [0, 0.05) is 31.9 Å². The molecule has 1 aliphatic carbocycles. The molecule has 1 saturated carbocycles. The maximum Gasteiger partial charge on any atom is 0.390 e. The van der Waals surface area contributed by atoms with Crippen LogP contribution in [0.25, 0.3) is 0 Å². The molecular formula is C14H20F3N3. The van der Waals surface area contributed by atoms with Crippen LogP contribution < -0.4 is 10.2 Å². The van der Waals surface area contributed by atoms with E-state index >= 15 is 0 Å². The number of rotatable bonds is 6. The van der Waals surface area contributed by atoms with E-state index in [1.165, 1.54) is 12.8 Å². The molecule has 1 aromatic heterocycles. The summed E-state index contributed by atoms with van der Waals surface area (Å²) >= 11 is 0. The second-order valence-electron chi connectivity index (χ2n) is 5.36. The van der Waals surface area contributed by atoms with E-state index in [4.69, 9.17) is 0 Å². The van der Waals surface area contributed by atoms with Gasteiger partial charge in [-0.2, -0.15) is 13.2 Å². The Morgan fingerprint density at radius 2 is 2.05 bits per heavy atom. The quantitative estimate of drug-likeness (QED) is 0.871. The fraction of sp³-hybridized carbons (Fsp3) is 0.643. The second kappa shape index (κ2) is 5.99.